The normalized spacial score (nSPS) is 14.5. The second kappa shape index (κ2) is 9.71. The fraction of sp³-hybridized carbons (Fsp3) is 0.320. The molecule has 1 aliphatic rings. The van der Waals surface area contributed by atoms with Crippen molar-refractivity contribution in [2.75, 3.05) is 17.7 Å². The van der Waals surface area contributed by atoms with Crippen LogP contribution in [0.5, 0.6) is 5.75 Å². The van der Waals surface area contributed by atoms with Crippen LogP contribution in [0.3, 0.4) is 0 Å². The molecule has 166 valence electrons. The van der Waals surface area contributed by atoms with Crippen molar-refractivity contribution in [3.05, 3.63) is 65.9 Å². The van der Waals surface area contributed by atoms with E-state index < -0.39 is 0 Å². The van der Waals surface area contributed by atoms with Crippen LogP contribution in [-0.4, -0.2) is 33.8 Å². The molecule has 0 unspecified atom stereocenters. The number of thioether (sulfide) groups is 1. The smallest absolute Gasteiger partial charge is 0.234 e. The van der Waals surface area contributed by atoms with Crippen molar-refractivity contribution >= 4 is 23.4 Å². The Morgan fingerprint density at radius 2 is 1.88 bits per heavy atom. The molecule has 0 radical (unpaired) electrons. The Labute approximate surface area is 192 Å². The Balaban J connectivity index is 1.51. The number of aromatic nitrogens is 2. The van der Waals surface area contributed by atoms with Crippen molar-refractivity contribution in [3.8, 4) is 17.1 Å². The third-order valence-corrected chi connectivity index (χ3v) is 6.09. The van der Waals surface area contributed by atoms with E-state index in [2.05, 4.69) is 19.2 Å². The summed E-state index contributed by atoms with van der Waals surface area (Å²) in [4.78, 5) is 22.2. The van der Waals surface area contributed by atoms with Crippen molar-refractivity contribution in [1.82, 2.24) is 9.97 Å². The highest BCUT2D eigenvalue weighted by atomic mass is 32.2. The number of benzene rings is 2. The van der Waals surface area contributed by atoms with Crippen LogP contribution >= 0.6 is 11.8 Å². The average molecular weight is 450 g/mol. The van der Waals surface area contributed by atoms with Gasteiger partial charge in [0.25, 0.3) is 0 Å². The van der Waals surface area contributed by atoms with Crippen LogP contribution in [0.25, 0.3) is 11.4 Å². The van der Waals surface area contributed by atoms with Crippen LogP contribution in [0.15, 0.2) is 59.6 Å². The zero-order valence-electron chi connectivity index (χ0n) is 18.6. The molecule has 7 heteroatoms. The number of carbonyl (C=O) groups is 1. The number of ether oxygens (including phenoxy) is 2. The van der Waals surface area contributed by atoms with E-state index in [9.17, 15) is 4.79 Å². The molecule has 2 aromatic carbocycles. The summed E-state index contributed by atoms with van der Waals surface area (Å²) in [6.45, 7) is 7.13. The first-order valence-electron chi connectivity index (χ1n) is 10.7. The maximum absolute atomic E-state index is 12.6. The van der Waals surface area contributed by atoms with Gasteiger partial charge in [-0.3, -0.25) is 4.79 Å². The standard InChI is InChI=1S/C25H27N3O3S/c1-4-30-19-12-10-18(11-13-19)26-22(29)16-32-24-20-15-31-25(2,3)14-21(20)27-23(28-24)17-8-6-5-7-9-17/h5-13H,4,14-16H2,1-3H3,(H,26,29). The van der Waals surface area contributed by atoms with Crippen LogP contribution < -0.4 is 10.1 Å². The van der Waals surface area contributed by atoms with Crippen molar-refractivity contribution < 1.29 is 14.3 Å². The number of carbonyl (C=O) groups excluding carboxylic acids is 1. The summed E-state index contributed by atoms with van der Waals surface area (Å²) in [5.41, 5.74) is 3.38. The predicted octanol–water partition coefficient (Wildman–Crippen LogP) is 5.12. The Morgan fingerprint density at radius 3 is 2.59 bits per heavy atom. The molecule has 0 spiro atoms. The maximum Gasteiger partial charge on any atom is 0.234 e. The van der Waals surface area contributed by atoms with E-state index in [0.717, 1.165) is 33.3 Å². The number of amides is 1. The zero-order chi connectivity index (χ0) is 22.6. The van der Waals surface area contributed by atoms with Crippen LogP contribution in [0.4, 0.5) is 5.69 Å². The monoisotopic (exact) mass is 449 g/mol. The minimum atomic E-state index is -0.276. The third-order valence-electron chi connectivity index (χ3n) is 5.08. The van der Waals surface area contributed by atoms with Gasteiger partial charge in [-0.25, -0.2) is 9.97 Å². The highest BCUT2D eigenvalue weighted by molar-refractivity contribution is 8.00. The largest absolute Gasteiger partial charge is 0.494 e. The molecule has 6 nitrogen and oxygen atoms in total. The highest BCUT2D eigenvalue weighted by Crippen LogP contribution is 2.34. The number of anilines is 1. The molecule has 0 atom stereocenters. The number of fused-ring (bicyclic) bond motifs is 1. The van der Waals surface area contributed by atoms with Gasteiger partial charge < -0.3 is 14.8 Å². The zero-order valence-corrected chi connectivity index (χ0v) is 19.4. The Hall–Kier alpha value is -2.90. The summed E-state index contributed by atoms with van der Waals surface area (Å²) in [5, 5.41) is 3.73. The number of nitrogens with zero attached hydrogens (tertiary/aromatic N) is 2. The molecular formula is C25H27N3O3S. The minimum Gasteiger partial charge on any atom is -0.494 e. The molecule has 0 saturated heterocycles. The van der Waals surface area contributed by atoms with Crippen molar-refractivity contribution in [2.24, 2.45) is 0 Å². The lowest BCUT2D eigenvalue weighted by Crippen LogP contribution is -2.33. The average Bonchev–Trinajstić information content (AvgIpc) is 2.78. The molecule has 32 heavy (non-hydrogen) atoms. The molecule has 0 fully saturated rings. The van der Waals surface area contributed by atoms with Crippen molar-refractivity contribution in [3.63, 3.8) is 0 Å². The number of rotatable bonds is 7. The first-order valence-corrected chi connectivity index (χ1v) is 11.7. The van der Waals surface area contributed by atoms with Crippen LogP contribution in [0, 0.1) is 0 Å². The lowest BCUT2D eigenvalue weighted by molar-refractivity contribution is -0.113. The first-order chi connectivity index (χ1) is 15.4. The molecule has 0 saturated carbocycles. The van der Waals surface area contributed by atoms with Crippen molar-refractivity contribution in [2.45, 2.75) is 44.4 Å². The Morgan fingerprint density at radius 1 is 1.12 bits per heavy atom. The fourth-order valence-corrected chi connectivity index (χ4v) is 4.33. The molecule has 3 aromatic rings. The fourth-order valence-electron chi connectivity index (χ4n) is 3.49. The first kappa shape index (κ1) is 22.3. The van der Waals surface area contributed by atoms with Gasteiger partial charge in [0, 0.05) is 23.2 Å². The van der Waals surface area contributed by atoms with Gasteiger partial charge in [-0.05, 0) is 45.0 Å². The lowest BCUT2D eigenvalue weighted by Gasteiger charge is -2.32. The summed E-state index contributed by atoms with van der Waals surface area (Å²) in [7, 11) is 0. The molecule has 0 bridgehead atoms. The third kappa shape index (κ3) is 5.47. The van der Waals surface area contributed by atoms with E-state index in [1.54, 1.807) is 0 Å². The minimum absolute atomic E-state index is 0.0927. The van der Waals surface area contributed by atoms with Gasteiger partial charge in [0.1, 0.15) is 10.8 Å². The molecule has 1 N–H and O–H groups in total. The van der Waals surface area contributed by atoms with Crippen LogP contribution in [0.2, 0.25) is 0 Å². The lowest BCUT2D eigenvalue weighted by atomic mass is 9.96. The van der Waals surface area contributed by atoms with E-state index in [-0.39, 0.29) is 17.3 Å². The molecule has 1 aromatic heterocycles. The van der Waals surface area contributed by atoms with Crippen LogP contribution in [-0.2, 0) is 22.6 Å². The molecule has 1 aliphatic heterocycles. The van der Waals surface area contributed by atoms with Crippen LogP contribution in [0.1, 0.15) is 32.0 Å². The summed E-state index contributed by atoms with van der Waals surface area (Å²) in [6.07, 6.45) is 0.705. The van der Waals surface area contributed by atoms with E-state index in [1.165, 1.54) is 11.8 Å². The SMILES string of the molecule is CCOc1ccc(NC(=O)CSc2nc(-c3ccccc3)nc3c2COC(C)(C)C3)cc1. The predicted molar refractivity (Wildman–Crippen MR) is 127 cm³/mol. The molecule has 0 aliphatic carbocycles. The van der Waals surface area contributed by atoms with Gasteiger partial charge in [-0.1, -0.05) is 42.1 Å². The van der Waals surface area contributed by atoms with Gasteiger partial charge in [-0.2, -0.15) is 0 Å². The number of hydrogen-bond donors (Lipinski definition) is 1. The van der Waals surface area contributed by atoms with Gasteiger partial charge in [0.15, 0.2) is 5.82 Å². The summed E-state index contributed by atoms with van der Waals surface area (Å²) < 4.78 is 11.4. The second-order valence-electron chi connectivity index (χ2n) is 8.16. The quantitative estimate of drug-likeness (QED) is 0.398. The molecular weight excluding hydrogens is 422 g/mol. The van der Waals surface area contributed by atoms with Gasteiger partial charge in [0.05, 0.1) is 30.3 Å². The van der Waals surface area contributed by atoms with Gasteiger partial charge in [0.2, 0.25) is 5.91 Å². The summed E-state index contributed by atoms with van der Waals surface area (Å²) in [5.74, 6) is 1.61. The molecule has 1 amide bonds. The van der Waals surface area contributed by atoms with Crippen molar-refractivity contribution in [1.29, 1.82) is 0 Å². The summed E-state index contributed by atoms with van der Waals surface area (Å²) in [6, 6.07) is 17.3. The van der Waals surface area contributed by atoms with E-state index in [0.29, 0.717) is 25.5 Å². The van der Waals surface area contributed by atoms with Gasteiger partial charge in [-0.15, -0.1) is 0 Å². The topological polar surface area (TPSA) is 73.3 Å². The van der Waals surface area contributed by atoms with Gasteiger partial charge >= 0.3 is 0 Å². The van der Waals surface area contributed by atoms with E-state index in [4.69, 9.17) is 19.4 Å². The molecule has 2 heterocycles. The molecule has 4 rings (SSSR count). The Bertz CT molecular complexity index is 1090. The summed E-state index contributed by atoms with van der Waals surface area (Å²) >= 11 is 1.41. The maximum atomic E-state index is 12.6. The number of hydrogen-bond acceptors (Lipinski definition) is 6. The highest BCUT2D eigenvalue weighted by Gasteiger charge is 2.30. The second-order valence-corrected chi connectivity index (χ2v) is 9.13. The number of nitrogens with one attached hydrogen (secondary N) is 1. The Kier molecular flexibility index (Phi) is 6.77. The van der Waals surface area contributed by atoms with E-state index >= 15 is 0 Å². The van der Waals surface area contributed by atoms with E-state index in [1.807, 2.05) is 61.5 Å².